The van der Waals surface area contributed by atoms with Crippen molar-refractivity contribution in [3.8, 4) is 0 Å². The van der Waals surface area contributed by atoms with E-state index in [2.05, 4.69) is 24.8 Å². The highest BCUT2D eigenvalue weighted by Gasteiger charge is 2.15. The molecule has 1 rings (SSSR count). The average molecular weight is 256 g/mol. The van der Waals surface area contributed by atoms with Crippen LogP contribution < -0.4 is 0 Å². The van der Waals surface area contributed by atoms with Crippen LogP contribution in [0.4, 0.5) is 0 Å². The van der Waals surface area contributed by atoms with Gasteiger partial charge in [0.05, 0.1) is 6.61 Å². The van der Waals surface area contributed by atoms with E-state index < -0.39 is 0 Å². The van der Waals surface area contributed by atoms with E-state index >= 15 is 0 Å². The van der Waals surface area contributed by atoms with E-state index in [0.29, 0.717) is 12.6 Å². The van der Waals surface area contributed by atoms with Crippen LogP contribution in [0.1, 0.15) is 32.3 Å². The van der Waals surface area contributed by atoms with Crippen molar-refractivity contribution in [2.24, 2.45) is 0 Å². The molecule has 0 fully saturated rings. The van der Waals surface area contributed by atoms with Gasteiger partial charge in [-0.2, -0.15) is 0 Å². The van der Waals surface area contributed by atoms with Gasteiger partial charge in [0.2, 0.25) is 0 Å². The lowest BCUT2D eigenvalue weighted by molar-refractivity contribution is 0.136. The summed E-state index contributed by atoms with van der Waals surface area (Å²) in [6.45, 7) is 6.08. The fourth-order valence-corrected chi connectivity index (χ4v) is 2.37. The third kappa shape index (κ3) is 4.30. The van der Waals surface area contributed by atoms with Crippen LogP contribution in [0.3, 0.4) is 0 Å². The second kappa shape index (κ2) is 7.70. The molecule has 0 unspecified atom stereocenters. The van der Waals surface area contributed by atoms with Gasteiger partial charge in [-0.05, 0) is 24.5 Å². The van der Waals surface area contributed by atoms with Crippen molar-refractivity contribution >= 4 is 11.6 Å². The number of hydrogen-bond acceptors (Lipinski definition) is 2. The van der Waals surface area contributed by atoms with Crippen molar-refractivity contribution in [3.63, 3.8) is 0 Å². The van der Waals surface area contributed by atoms with Gasteiger partial charge in [-0.25, -0.2) is 0 Å². The number of rotatable bonds is 7. The fraction of sp³-hybridized carbons (Fsp3) is 0.571. The molecule has 0 saturated heterocycles. The average Bonchev–Trinajstić information content (AvgIpc) is 2.34. The van der Waals surface area contributed by atoms with Gasteiger partial charge in [0.1, 0.15) is 0 Å². The largest absolute Gasteiger partial charge is 0.395 e. The fourth-order valence-electron chi connectivity index (χ4n) is 2.17. The van der Waals surface area contributed by atoms with E-state index in [0.717, 1.165) is 30.0 Å². The highest BCUT2D eigenvalue weighted by molar-refractivity contribution is 6.31. The third-order valence-corrected chi connectivity index (χ3v) is 3.55. The summed E-state index contributed by atoms with van der Waals surface area (Å²) in [5.74, 6) is 0. The van der Waals surface area contributed by atoms with E-state index in [9.17, 15) is 0 Å². The van der Waals surface area contributed by atoms with Gasteiger partial charge in [-0.15, -0.1) is 0 Å². The molecular weight excluding hydrogens is 234 g/mol. The molecular formula is C14H22ClNO. The molecule has 0 amide bonds. The Kier molecular flexibility index (Phi) is 6.56. The summed E-state index contributed by atoms with van der Waals surface area (Å²) >= 11 is 6.17. The molecule has 1 N–H and O–H groups in total. The molecule has 1 aromatic rings. The molecule has 0 radical (unpaired) electrons. The first-order valence-corrected chi connectivity index (χ1v) is 6.69. The molecule has 0 heterocycles. The molecule has 2 nitrogen and oxygen atoms in total. The first-order chi connectivity index (χ1) is 8.22. The highest BCUT2D eigenvalue weighted by Crippen LogP contribution is 2.19. The Labute approximate surface area is 109 Å². The van der Waals surface area contributed by atoms with Crippen molar-refractivity contribution in [1.82, 2.24) is 4.90 Å². The van der Waals surface area contributed by atoms with Gasteiger partial charge in [-0.3, -0.25) is 4.90 Å². The Morgan fingerprint density at radius 3 is 2.41 bits per heavy atom. The molecule has 0 atom stereocenters. The van der Waals surface area contributed by atoms with Gasteiger partial charge in [-0.1, -0.05) is 43.6 Å². The van der Waals surface area contributed by atoms with E-state index in [4.69, 9.17) is 16.7 Å². The van der Waals surface area contributed by atoms with Crippen molar-refractivity contribution in [2.45, 2.75) is 39.3 Å². The SMILES string of the molecule is CCC(CC)N(CCO)Cc1ccccc1Cl. The molecule has 1 aromatic carbocycles. The van der Waals surface area contributed by atoms with E-state index in [1.165, 1.54) is 0 Å². The monoisotopic (exact) mass is 255 g/mol. The number of benzene rings is 1. The van der Waals surface area contributed by atoms with Crippen LogP contribution in [-0.2, 0) is 6.54 Å². The number of nitrogens with zero attached hydrogens (tertiary/aromatic N) is 1. The predicted molar refractivity (Wildman–Crippen MR) is 73.3 cm³/mol. The van der Waals surface area contributed by atoms with E-state index in [1.807, 2.05) is 18.2 Å². The van der Waals surface area contributed by atoms with Crippen molar-refractivity contribution in [2.75, 3.05) is 13.2 Å². The first-order valence-electron chi connectivity index (χ1n) is 6.31. The van der Waals surface area contributed by atoms with Crippen LogP contribution >= 0.6 is 11.6 Å². The Morgan fingerprint density at radius 2 is 1.88 bits per heavy atom. The highest BCUT2D eigenvalue weighted by atomic mass is 35.5. The van der Waals surface area contributed by atoms with E-state index in [-0.39, 0.29) is 6.61 Å². The van der Waals surface area contributed by atoms with Crippen LogP contribution in [0.5, 0.6) is 0 Å². The first kappa shape index (κ1) is 14.5. The lowest BCUT2D eigenvalue weighted by atomic mass is 10.1. The smallest absolute Gasteiger partial charge is 0.0558 e. The Bertz CT molecular complexity index is 326. The lowest BCUT2D eigenvalue weighted by Gasteiger charge is -2.30. The van der Waals surface area contributed by atoms with Crippen LogP contribution in [0.15, 0.2) is 24.3 Å². The zero-order valence-electron chi connectivity index (χ0n) is 10.7. The van der Waals surface area contributed by atoms with Gasteiger partial charge in [0.25, 0.3) is 0 Å². The van der Waals surface area contributed by atoms with Gasteiger partial charge in [0.15, 0.2) is 0 Å². The maximum atomic E-state index is 9.15. The summed E-state index contributed by atoms with van der Waals surface area (Å²) in [5, 5.41) is 9.96. The summed E-state index contributed by atoms with van der Waals surface area (Å²) in [6.07, 6.45) is 2.20. The minimum Gasteiger partial charge on any atom is -0.395 e. The van der Waals surface area contributed by atoms with E-state index in [1.54, 1.807) is 0 Å². The second-order valence-corrected chi connectivity index (χ2v) is 4.66. The molecule has 96 valence electrons. The molecule has 0 spiro atoms. The van der Waals surface area contributed by atoms with Crippen LogP contribution in [0.25, 0.3) is 0 Å². The normalized spacial score (nSPS) is 11.4. The summed E-state index contributed by atoms with van der Waals surface area (Å²) in [6, 6.07) is 8.43. The van der Waals surface area contributed by atoms with Crippen molar-refractivity contribution < 1.29 is 5.11 Å². The van der Waals surface area contributed by atoms with Gasteiger partial charge in [0, 0.05) is 24.2 Å². The summed E-state index contributed by atoms with van der Waals surface area (Å²) in [5.41, 5.74) is 1.13. The van der Waals surface area contributed by atoms with Crippen LogP contribution in [0, 0.1) is 0 Å². The Hall–Kier alpha value is -0.570. The third-order valence-electron chi connectivity index (χ3n) is 3.18. The molecule has 0 aromatic heterocycles. The molecule has 0 bridgehead atoms. The molecule has 0 aliphatic carbocycles. The second-order valence-electron chi connectivity index (χ2n) is 4.26. The van der Waals surface area contributed by atoms with Crippen molar-refractivity contribution in [1.29, 1.82) is 0 Å². The Balaban J connectivity index is 2.75. The molecule has 0 aliphatic rings. The molecule has 17 heavy (non-hydrogen) atoms. The van der Waals surface area contributed by atoms with Crippen LogP contribution in [-0.4, -0.2) is 29.2 Å². The van der Waals surface area contributed by atoms with Crippen LogP contribution in [0.2, 0.25) is 5.02 Å². The summed E-state index contributed by atoms with van der Waals surface area (Å²) < 4.78 is 0. The Morgan fingerprint density at radius 1 is 1.24 bits per heavy atom. The maximum Gasteiger partial charge on any atom is 0.0558 e. The lowest BCUT2D eigenvalue weighted by Crippen LogP contribution is -2.36. The zero-order chi connectivity index (χ0) is 12.7. The standard InChI is InChI=1S/C14H22ClNO/c1-3-13(4-2)16(9-10-17)11-12-7-5-6-8-14(12)15/h5-8,13,17H,3-4,9-11H2,1-2H3. The molecule has 0 aliphatic heterocycles. The topological polar surface area (TPSA) is 23.5 Å². The van der Waals surface area contributed by atoms with Gasteiger partial charge >= 0.3 is 0 Å². The molecule has 3 heteroatoms. The minimum atomic E-state index is 0.195. The van der Waals surface area contributed by atoms with Crippen molar-refractivity contribution in [3.05, 3.63) is 34.9 Å². The predicted octanol–water partition coefficient (Wildman–Crippen LogP) is 3.32. The quantitative estimate of drug-likeness (QED) is 0.808. The number of aliphatic hydroxyl groups excluding tert-OH is 1. The zero-order valence-corrected chi connectivity index (χ0v) is 11.5. The minimum absolute atomic E-state index is 0.195. The number of aliphatic hydroxyl groups is 1. The molecule has 0 saturated carbocycles. The number of halogens is 1. The summed E-state index contributed by atoms with van der Waals surface area (Å²) in [4.78, 5) is 2.31. The number of hydrogen-bond donors (Lipinski definition) is 1. The van der Waals surface area contributed by atoms with Gasteiger partial charge < -0.3 is 5.11 Å². The summed E-state index contributed by atoms with van der Waals surface area (Å²) in [7, 11) is 0. The maximum absolute atomic E-state index is 9.15.